The third kappa shape index (κ3) is 3.75. The van der Waals surface area contributed by atoms with Crippen molar-refractivity contribution < 1.29 is 5.11 Å². The molecule has 1 atom stereocenters. The average Bonchev–Trinajstić information content (AvgIpc) is 3.01. The number of pyridine rings is 1. The summed E-state index contributed by atoms with van der Waals surface area (Å²) in [5, 5.41) is 12.0. The highest BCUT2D eigenvalue weighted by atomic mass is 35.5. The lowest BCUT2D eigenvalue weighted by Gasteiger charge is -2.43. The second-order valence-electron chi connectivity index (χ2n) is 7.52. The molecule has 1 aromatic carbocycles. The topological polar surface area (TPSA) is 62.4 Å². The predicted molar refractivity (Wildman–Crippen MR) is 112 cm³/mol. The fourth-order valence-corrected chi connectivity index (χ4v) is 5.64. The number of aromatic hydroxyl groups is 1. The summed E-state index contributed by atoms with van der Waals surface area (Å²) < 4.78 is 0. The van der Waals surface area contributed by atoms with Gasteiger partial charge in [-0.05, 0) is 43.2 Å². The van der Waals surface area contributed by atoms with Crippen molar-refractivity contribution in [1.82, 2.24) is 4.98 Å². The smallest absolute Gasteiger partial charge is 0.150 e. The maximum Gasteiger partial charge on any atom is 0.150 e. The van der Waals surface area contributed by atoms with Crippen LogP contribution in [0.4, 0.5) is 5.69 Å². The quantitative estimate of drug-likeness (QED) is 0.696. The molecule has 144 valence electrons. The van der Waals surface area contributed by atoms with Crippen molar-refractivity contribution in [2.45, 2.75) is 48.1 Å². The first-order valence-electron chi connectivity index (χ1n) is 9.30. The van der Waals surface area contributed by atoms with Crippen molar-refractivity contribution in [2.24, 2.45) is 11.1 Å². The number of halogens is 2. The Bertz CT molecular complexity index is 840. The molecule has 1 saturated heterocycles. The molecule has 3 N–H and O–H groups in total. The van der Waals surface area contributed by atoms with Crippen LogP contribution in [0, 0.1) is 5.41 Å². The van der Waals surface area contributed by atoms with Gasteiger partial charge >= 0.3 is 0 Å². The summed E-state index contributed by atoms with van der Waals surface area (Å²) in [4.78, 5) is 7.54. The van der Waals surface area contributed by atoms with Crippen LogP contribution in [0.5, 0.6) is 5.75 Å². The molecule has 4 nitrogen and oxygen atoms in total. The fourth-order valence-electron chi connectivity index (χ4n) is 4.35. The Morgan fingerprint density at radius 1 is 1.22 bits per heavy atom. The maximum atomic E-state index is 10.5. The molecule has 2 aromatic rings. The molecule has 0 amide bonds. The molecule has 0 bridgehead atoms. The van der Waals surface area contributed by atoms with Gasteiger partial charge in [0, 0.05) is 30.1 Å². The lowest BCUT2D eigenvalue weighted by Crippen LogP contribution is -2.46. The number of hydrogen-bond acceptors (Lipinski definition) is 5. The van der Waals surface area contributed by atoms with Crippen LogP contribution in [0.3, 0.4) is 0 Å². The van der Waals surface area contributed by atoms with E-state index < -0.39 is 0 Å². The largest absolute Gasteiger partial charge is 0.505 e. The number of hydrogen-bond donors (Lipinski definition) is 2. The van der Waals surface area contributed by atoms with Crippen molar-refractivity contribution in [3.63, 3.8) is 0 Å². The minimum atomic E-state index is 0.159. The van der Waals surface area contributed by atoms with E-state index in [4.69, 9.17) is 28.9 Å². The minimum Gasteiger partial charge on any atom is -0.505 e. The Morgan fingerprint density at radius 3 is 2.67 bits per heavy atom. The first-order valence-corrected chi connectivity index (χ1v) is 10.9. The van der Waals surface area contributed by atoms with Crippen molar-refractivity contribution in [3.05, 3.63) is 40.5 Å². The number of anilines is 1. The second-order valence-corrected chi connectivity index (χ2v) is 9.34. The highest BCUT2D eigenvalue weighted by molar-refractivity contribution is 7.99. The van der Waals surface area contributed by atoms with Crippen molar-refractivity contribution in [1.29, 1.82) is 0 Å². The van der Waals surface area contributed by atoms with Gasteiger partial charge in [0.15, 0.2) is 0 Å². The molecule has 2 fully saturated rings. The van der Waals surface area contributed by atoms with E-state index in [1.54, 1.807) is 12.1 Å². The van der Waals surface area contributed by atoms with E-state index in [1.807, 2.05) is 18.3 Å². The number of aromatic nitrogens is 1. The molecular weight excluding hydrogens is 401 g/mol. The molecule has 1 spiro atoms. The van der Waals surface area contributed by atoms with Gasteiger partial charge in [-0.3, -0.25) is 0 Å². The van der Waals surface area contributed by atoms with Gasteiger partial charge in [-0.1, -0.05) is 47.5 Å². The molecule has 4 rings (SSSR count). The second kappa shape index (κ2) is 7.70. The molecule has 2 aliphatic rings. The first-order chi connectivity index (χ1) is 13.0. The lowest BCUT2D eigenvalue weighted by molar-refractivity contribution is 0.198. The van der Waals surface area contributed by atoms with E-state index in [0.717, 1.165) is 42.9 Å². The molecule has 1 unspecified atom stereocenters. The van der Waals surface area contributed by atoms with Crippen LogP contribution < -0.4 is 10.6 Å². The van der Waals surface area contributed by atoms with E-state index >= 15 is 0 Å². The Balaban J connectivity index is 1.47. The molecule has 1 aliphatic heterocycles. The SMILES string of the molecule is NC1CCCC12CCN(c1cnc(Sc3cccc(Cl)c3Cl)c(O)c1)CC2. The normalized spacial score (nSPS) is 21.7. The predicted octanol–water partition coefficient (Wildman–Crippen LogP) is 5.34. The van der Waals surface area contributed by atoms with E-state index in [2.05, 4.69) is 9.88 Å². The standard InChI is InChI=1S/C20H23Cl2N3OS/c21-14-3-1-4-16(18(14)22)27-19-15(26)11-13(12-24-19)25-9-7-20(8-10-25)6-2-5-17(20)23/h1,3-4,11-12,17,26H,2,5-10,23H2. The van der Waals surface area contributed by atoms with Gasteiger partial charge in [0.05, 0.1) is 21.9 Å². The number of nitrogens with two attached hydrogens (primary N) is 1. The molecule has 1 aliphatic carbocycles. The van der Waals surface area contributed by atoms with Crippen molar-refractivity contribution in [2.75, 3.05) is 18.0 Å². The number of rotatable bonds is 3. The van der Waals surface area contributed by atoms with Crippen molar-refractivity contribution >= 4 is 40.7 Å². The Hall–Kier alpha value is -1.14. The highest BCUT2D eigenvalue weighted by Gasteiger charge is 2.42. The summed E-state index contributed by atoms with van der Waals surface area (Å²) in [6, 6.07) is 7.57. The molecule has 1 saturated carbocycles. The van der Waals surface area contributed by atoms with Gasteiger partial charge in [0.1, 0.15) is 10.8 Å². The molecule has 0 radical (unpaired) electrons. The fraction of sp³-hybridized carbons (Fsp3) is 0.450. The van der Waals surface area contributed by atoms with Gasteiger partial charge in [-0.2, -0.15) is 0 Å². The molecule has 1 aromatic heterocycles. The Kier molecular flexibility index (Phi) is 5.48. The summed E-state index contributed by atoms with van der Waals surface area (Å²) in [6.07, 6.45) is 7.71. The average molecular weight is 424 g/mol. The summed E-state index contributed by atoms with van der Waals surface area (Å²) in [7, 11) is 0. The third-order valence-electron chi connectivity index (χ3n) is 6.04. The summed E-state index contributed by atoms with van der Waals surface area (Å²) >= 11 is 13.6. The van der Waals surface area contributed by atoms with E-state index in [9.17, 15) is 5.11 Å². The first kappa shape index (κ1) is 19.2. The third-order valence-corrected chi connectivity index (χ3v) is 8.04. The van der Waals surface area contributed by atoms with Crippen LogP contribution in [0.25, 0.3) is 0 Å². The van der Waals surface area contributed by atoms with Gasteiger partial charge in [0.25, 0.3) is 0 Å². The zero-order chi connectivity index (χ0) is 19.0. The summed E-state index contributed by atoms with van der Waals surface area (Å²) in [5.74, 6) is 0.159. The van der Waals surface area contributed by atoms with Crippen LogP contribution in [-0.4, -0.2) is 29.2 Å². The lowest BCUT2D eigenvalue weighted by atomic mass is 9.74. The van der Waals surface area contributed by atoms with Gasteiger partial charge in [-0.25, -0.2) is 4.98 Å². The minimum absolute atomic E-state index is 0.159. The van der Waals surface area contributed by atoms with Gasteiger partial charge in [-0.15, -0.1) is 0 Å². The monoisotopic (exact) mass is 423 g/mol. The van der Waals surface area contributed by atoms with Crippen LogP contribution in [0.1, 0.15) is 32.1 Å². The maximum absolute atomic E-state index is 10.5. The van der Waals surface area contributed by atoms with E-state index in [-0.39, 0.29) is 5.75 Å². The summed E-state index contributed by atoms with van der Waals surface area (Å²) in [5.41, 5.74) is 7.65. The van der Waals surface area contributed by atoms with Gasteiger partial charge in [0.2, 0.25) is 0 Å². The number of nitrogens with zero attached hydrogens (tertiary/aromatic N) is 2. The van der Waals surface area contributed by atoms with Gasteiger partial charge < -0.3 is 15.7 Å². The Morgan fingerprint density at radius 2 is 2.00 bits per heavy atom. The van der Waals surface area contributed by atoms with E-state index in [0.29, 0.717) is 26.5 Å². The van der Waals surface area contributed by atoms with Crippen LogP contribution in [-0.2, 0) is 0 Å². The molecule has 7 heteroatoms. The molecule has 2 heterocycles. The highest BCUT2D eigenvalue weighted by Crippen LogP contribution is 2.46. The van der Waals surface area contributed by atoms with Crippen LogP contribution >= 0.6 is 35.0 Å². The Labute approximate surface area is 174 Å². The zero-order valence-corrected chi connectivity index (χ0v) is 17.3. The van der Waals surface area contributed by atoms with Crippen molar-refractivity contribution in [3.8, 4) is 5.75 Å². The van der Waals surface area contributed by atoms with E-state index in [1.165, 1.54) is 24.6 Å². The molecule has 27 heavy (non-hydrogen) atoms. The number of benzene rings is 1. The molecular formula is C20H23Cl2N3OS. The van der Waals surface area contributed by atoms with Crippen LogP contribution in [0.15, 0.2) is 40.4 Å². The number of piperidine rings is 1. The zero-order valence-electron chi connectivity index (χ0n) is 15.0. The van der Waals surface area contributed by atoms with Crippen LogP contribution in [0.2, 0.25) is 10.0 Å². The summed E-state index contributed by atoms with van der Waals surface area (Å²) in [6.45, 7) is 1.92.